The van der Waals surface area contributed by atoms with Crippen molar-refractivity contribution < 1.29 is 4.92 Å². The molecule has 0 aliphatic rings. The van der Waals surface area contributed by atoms with Crippen LogP contribution < -0.4 is 5.32 Å². The highest BCUT2D eigenvalue weighted by Gasteiger charge is 2.24. The number of hydrogen-bond acceptors (Lipinski definition) is 4. The lowest BCUT2D eigenvalue weighted by Gasteiger charge is -2.30. The van der Waals surface area contributed by atoms with Crippen molar-refractivity contribution in [1.82, 2.24) is 5.32 Å². The van der Waals surface area contributed by atoms with Gasteiger partial charge in [0.2, 0.25) is 0 Å². The van der Waals surface area contributed by atoms with Crippen LogP contribution in [0.25, 0.3) is 0 Å². The molecule has 0 saturated carbocycles. The Morgan fingerprint density at radius 1 is 1.35 bits per heavy atom. The smallest absolute Gasteiger partial charge is 0.272 e. The standard InChI is InChI=1S/C15H24N2O2S/c1-5-15(6-2,20-4)11-16-10-13-8-7-12(3)14(9-13)17(18)19/h7-9,16H,5-6,10-11H2,1-4H3. The zero-order valence-corrected chi connectivity index (χ0v) is 13.5. The topological polar surface area (TPSA) is 55.2 Å². The minimum Gasteiger partial charge on any atom is -0.311 e. The molecule has 112 valence electrons. The number of hydrogen-bond donors (Lipinski definition) is 1. The van der Waals surface area contributed by atoms with Crippen molar-refractivity contribution in [3.63, 3.8) is 0 Å². The van der Waals surface area contributed by atoms with Gasteiger partial charge in [0.1, 0.15) is 0 Å². The highest BCUT2D eigenvalue weighted by molar-refractivity contribution is 8.00. The van der Waals surface area contributed by atoms with Crippen LogP contribution in [-0.4, -0.2) is 22.5 Å². The molecule has 0 fully saturated rings. The summed E-state index contributed by atoms with van der Waals surface area (Å²) in [5.41, 5.74) is 1.87. The van der Waals surface area contributed by atoms with Gasteiger partial charge in [0.05, 0.1) is 4.92 Å². The maximum Gasteiger partial charge on any atom is 0.272 e. The van der Waals surface area contributed by atoms with E-state index in [0.717, 1.165) is 24.9 Å². The Balaban J connectivity index is 2.67. The summed E-state index contributed by atoms with van der Waals surface area (Å²) in [4.78, 5) is 10.6. The molecule has 20 heavy (non-hydrogen) atoms. The van der Waals surface area contributed by atoms with Crippen LogP contribution in [0.5, 0.6) is 0 Å². The van der Waals surface area contributed by atoms with Crippen LogP contribution in [0.4, 0.5) is 5.69 Å². The Hall–Kier alpha value is -1.07. The molecule has 0 atom stereocenters. The predicted molar refractivity (Wildman–Crippen MR) is 86.4 cm³/mol. The van der Waals surface area contributed by atoms with E-state index in [2.05, 4.69) is 25.4 Å². The van der Waals surface area contributed by atoms with Gasteiger partial charge in [-0.05, 0) is 31.6 Å². The molecule has 0 radical (unpaired) electrons. The first-order valence-electron chi connectivity index (χ1n) is 6.97. The van der Waals surface area contributed by atoms with E-state index < -0.39 is 0 Å². The van der Waals surface area contributed by atoms with E-state index in [1.165, 1.54) is 0 Å². The highest BCUT2D eigenvalue weighted by atomic mass is 32.2. The van der Waals surface area contributed by atoms with Crippen LogP contribution in [0, 0.1) is 17.0 Å². The molecule has 4 nitrogen and oxygen atoms in total. The summed E-state index contributed by atoms with van der Waals surface area (Å²) in [7, 11) is 0. The van der Waals surface area contributed by atoms with E-state index in [1.807, 2.05) is 23.9 Å². The number of nitro benzene ring substituents is 1. The summed E-state index contributed by atoms with van der Waals surface area (Å²) in [6, 6.07) is 5.44. The Kier molecular flexibility index (Phi) is 6.49. The quantitative estimate of drug-likeness (QED) is 0.583. The molecule has 0 heterocycles. The Labute approximate surface area is 125 Å². The van der Waals surface area contributed by atoms with Gasteiger partial charge in [-0.25, -0.2) is 0 Å². The molecule has 0 saturated heterocycles. The van der Waals surface area contributed by atoms with Crippen LogP contribution in [0.1, 0.15) is 37.8 Å². The van der Waals surface area contributed by atoms with E-state index in [-0.39, 0.29) is 15.4 Å². The van der Waals surface area contributed by atoms with Gasteiger partial charge in [0, 0.05) is 29.5 Å². The summed E-state index contributed by atoms with van der Waals surface area (Å²) in [6.45, 7) is 7.77. The van der Waals surface area contributed by atoms with E-state index in [4.69, 9.17) is 0 Å². The number of aryl methyl sites for hydroxylation is 1. The molecule has 0 spiro atoms. The SMILES string of the molecule is CCC(CC)(CNCc1ccc(C)c([N+](=O)[O-])c1)SC. The fourth-order valence-electron chi connectivity index (χ4n) is 2.26. The zero-order chi connectivity index (χ0) is 15.2. The maximum absolute atomic E-state index is 10.9. The van der Waals surface area contributed by atoms with E-state index in [9.17, 15) is 10.1 Å². The largest absolute Gasteiger partial charge is 0.311 e. The van der Waals surface area contributed by atoms with Crippen molar-refractivity contribution in [3.8, 4) is 0 Å². The van der Waals surface area contributed by atoms with Crippen LogP contribution in [0.3, 0.4) is 0 Å². The predicted octanol–water partition coefficient (Wildman–Crippen LogP) is 3.91. The Morgan fingerprint density at radius 3 is 2.50 bits per heavy atom. The number of rotatable bonds is 8. The van der Waals surface area contributed by atoms with Crippen LogP contribution in [-0.2, 0) is 6.54 Å². The molecule has 0 amide bonds. The van der Waals surface area contributed by atoms with Crippen LogP contribution >= 0.6 is 11.8 Å². The van der Waals surface area contributed by atoms with Crippen molar-refractivity contribution in [1.29, 1.82) is 0 Å². The first kappa shape index (κ1) is 17.0. The minimum atomic E-state index is -0.316. The average molecular weight is 296 g/mol. The van der Waals surface area contributed by atoms with E-state index >= 15 is 0 Å². The molecule has 0 unspecified atom stereocenters. The second kappa shape index (κ2) is 7.64. The summed E-state index contributed by atoms with van der Waals surface area (Å²) in [5, 5.41) is 14.4. The highest BCUT2D eigenvalue weighted by Crippen LogP contribution is 2.29. The molecule has 1 N–H and O–H groups in total. The summed E-state index contributed by atoms with van der Waals surface area (Å²) >= 11 is 1.89. The Bertz CT molecular complexity index is 451. The molecule has 0 bridgehead atoms. The van der Waals surface area contributed by atoms with Gasteiger partial charge in [-0.2, -0.15) is 11.8 Å². The van der Waals surface area contributed by atoms with Gasteiger partial charge in [0.25, 0.3) is 5.69 Å². The van der Waals surface area contributed by atoms with Gasteiger partial charge in [0.15, 0.2) is 0 Å². The number of nitro groups is 1. The van der Waals surface area contributed by atoms with Gasteiger partial charge in [-0.1, -0.05) is 26.0 Å². The van der Waals surface area contributed by atoms with E-state index in [0.29, 0.717) is 12.1 Å². The molecule has 0 aliphatic heterocycles. The molecule has 5 heteroatoms. The number of nitrogens with zero attached hydrogens (tertiary/aromatic N) is 1. The fourth-order valence-corrected chi connectivity index (χ4v) is 3.08. The zero-order valence-electron chi connectivity index (χ0n) is 12.7. The second-order valence-corrected chi connectivity index (χ2v) is 6.35. The maximum atomic E-state index is 10.9. The van der Waals surface area contributed by atoms with Crippen molar-refractivity contribution >= 4 is 17.4 Å². The molecule has 1 aromatic rings. The van der Waals surface area contributed by atoms with Crippen molar-refractivity contribution in [2.75, 3.05) is 12.8 Å². The van der Waals surface area contributed by atoms with Crippen molar-refractivity contribution in [2.24, 2.45) is 0 Å². The van der Waals surface area contributed by atoms with Gasteiger partial charge < -0.3 is 5.32 Å². The number of thioether (sulfide) groups is 1. The first-order chi connectivity index (χ1) is 9.48. The van der Waals surface area contributed by atoms with Crippen LogP contribution in [0.2, 0.25) is 0 Å². The van der Waals surface area contributed by atoms with Crippen molar-refractivity contribution in [2.45, 2.75) is 44.9 Å². The fraction of sp³-hybridized carbons (Fsp3) is 0.600. The minimum absolute atomic E-state index is 0.200. The summed E-state index contributed by atoms with van der Waals surface area (Å²) in [6.07, 6.45) is 4.38. The van der Waals surface area contributed by atoms with Crippen molar-refractivity contribution in [3.05, 3.63) is 39.4 Å². The third-order valence-electron chi connectivity index (χ3n) is 3.97. The van der Waals surface area contributed by atoms with E-state index in [1.54, 1.807) is 13.0 Å². The monoisotopic (exact) mass is 296 g/mol. The lowest BCUT2D eigenvalue weighted by atomic mass is 10.0. The van der Waals surface area contributed by atoms with Crippen LogP contribution in [0.15, 0.2) is 18.2 Å². The number of nitrogens with one attached hydrogen (secondary N) is 1. The lowest BCUT2D eigenvalue weighted by Crippen LogP contribution is -2.36. The Morgan fingerprint density at radius 2 is 2.00 bits per heavy atom. The normalized spacial score (nSPS) is 11.6. The molecule has 0 aliphatic carbocycles. The third-order valence-corrected chi connectivity index (χ3v) is 5.56. The molecular weight excluding hydrogens is 272 g/mol. The first-order valence-corrected chi connectivity index (χ1v) is 8.20. The molecule has 0 aromatic heterocycles. The summed E-state index contributed by atoms with van der Waals surface area (Å²) < 4.78 is 0.261. The lowest BCUT2D eigenvalue weighted by molar-refractivity contribution is -0.385. The summed E-state index contributed by atoms with van der Waals surface area (Å²) in [5.74, 6) is 0. The number of benzene rings is 1. The van der Waals surface area contributed by atoms with Gasteiger partial charge >= 0.3 is 0 Å². The molecule has 1 rings (SSSR count). The third kappa shape index (κ3) is 4.21. The van der Waals surface area contributed by atoms with Gasteiger partial charge in [-0.3, -0.25) is 10.1 Å². The average Bonchev–Trinajstić information content (AvgIpc) is 2.45. The molecule has 1 aromatic carbocycles. The second-order valence-electron chi connectivity index (χ2n) is 5.08. The van der Waals surface area contributed by atoms with Gasteiger partial charge in [-0.15, -0.1) is 0 Å². The molecular formula is C15H24N2O2S.